The van der Waals surface area contributed by atoms with E-state index in [2.05, 4.69) is 0 Å². The Morgan fingerprint density at radius 2 is 1.64 bits per heavy atom. The highest BCUT2D eigenvalue weighted by Gasteiger charge is 2.18. The van der Waals surface area contributed by atoms with Gasteiger partial charge in [-0.2, -0.15) is 0 Å². The van der Waals surface area contributed by atoms with Crippen molar-refractivity contribution in [3.05, 3.63) is 59.9 Å². The number of nitrogens with zero attached hydrogens (tertiary/aromatic N) is 1. The summed E-state index contributed by atoms with van der Waals surface area (Å²) in [6.07, 6.45) is 0.378. The van der Waals surface area contributed by atoms with E-state index in [1.807, 2.05) is 0 Å². The molecule has 2 aromatic rings. The van der Waals surface area contributed by atoms with Crippen molar-refractivity contribution < 1.29 is 18.7 Å². The zero-order chi connectivity index (χ0) is 17.6. The molecule has 130 valence electrons. The molecule has 0 aliphatic carbocycles. The van der Waals surface area contributed by atoms with Crippen LogP contribution in [-0.2, 0) is 9.53 Å². The van der Waals surface area contributed by atoms with Crippen LogP contribution in [-0.4, -0.2) is 42.9 Å². The number of amides is 1. The van der Waals surface area contributed by atoms with Crippen molar-refractivity contribution in [1.29, 1.82) is 0 Å². The third-order valence-corrected chi connectivity index (χ3v) is 4.32. The molecule has 1 fully saturated rings. The van der Waals surface area contributed by atoms with Gasteiger partial charge in [-0.05, 0) is 11.6 Å². The van der Waals surface area contributed by atoms with Gasteiger partial charge in [0.25, 0.3) is 0 Å². The number of carbonyl (C=O) groups excluding carboxylic acids is 2. The van der Waals surface area contributed by atoms with Gasteiger partial charge in [0.15, 0.2) is 5.78 Å². The van der Waals surface area contributed by atoms with Gasteiger partial charge in [-0.15, -0.1) is 0 Å². The van der Waals surface area contributed by atoms with E-state index in [1.54, 1.807) is 47.4 Å². The van der Waals surface area contributed by atoms with Crippen LogP contribution in [0.25, 0.3) is 11.1 Å². The zero-order valence-electron chi connectivity index (χ0n) is 13.9. The molecule has 2 aromatic carbocycles. The summed E-state index contributed by atoms with van der Waals surface area (Å²) in [4.78, 5) is 26.1. The highest BCUT2D eigenvalue weighted by atomic mass is 19.1. The van der Waals surface area contributed by atoms with E-state index in [-0.39, 0.29) is 30.3 Å². The van der Waals surface area contributed by atoms with Crippen LogP contribution in [0.3, 0.4) is 0 Å². The average molecular weight is 341 g/mol. The average Bonchev–Trinajstić information content (AvgIpc) is 2.67. The van der Waals surface area contributed by atoms with Gasteiger partial charge in [-0.3, -0.25) is 9.59 Å². The summed E-state index contributed by atoms with van der Waals surface area (Å²) in [5.74, 6) is -0.390. The smallest absolute Gasteiger partial charge is 0.223 e. The first-order chi connectivity index (χ1) is 12.1. The van der Waals surface area contributed by atoms with Crippen LogP contribution >= 0.6 is 0 Å². The Bertz CT molecular complexity index is 752. The summed E-state index contributed by atoms with van der Waals surface area (Å²) >= 11 is 0. The number of benzene rings is 2. The monoisotopic (exact) mass is 341 g/mol. The lowest BCUT2D eigenvalue weighted by atomic mass is 10.0. The Kier molecular flexibility index (Phi) is 5.56. The lowest BCUT2D eigenvalue weighted by molar-refractivity contribution is -0.135. The van der Waals surface area contributed by atoms with Gasteiger partial charge in [0.2, 0.25) is 5.91 Å². The predicted octanol–water partition coefficient (Wildman–Crippen LogP) is 3.31. The van der Waals surface area contributed by atoms with E-state index < -0.39 is 0 Å². The van der Waals surface area contributed by atoms with Gasteiger partial charge in [0, 0.05) is 37.1 Å². The molecule has 0 aromatic heterocycles. The van der Waals surface area contributed by atoms with Crippen LogP contribution in [0.15, 0.2) is 48.5 Å². The van der Waals surface area contributed by atoms with Gasteiger partial charge in [-0.25, -0.2) is 4.39 Å². The second-order valence-electron chi connectivity index (χ2n) is 5.97. The minimum atomic E-state index is -0.294. The molecule has 1 heterocycles. The standard InChI is InChI=1S/C20H20FNO3/c21-18-4-2-1-3-17(18)15-5-7-16(8-6-15)19(23)9-10-20(24)22-11-13-25-14-12-22/h1-8H,9-14H2. The molecule has 0 N–H and O–H groups in total. The molecule has 0 unspecified atom stereocenters. The third kappa shape index (κ3) is 4.31. The normalized spacial score (nSPS) is 14.4. The van der Waals surface area contributed by atoms with E-state index in [0.29, 0.717) is 37.4 Å². The minimum absolute atomic E-state index is 0.0142. The number of morpholine rings is 1. The summed E-state index contributed by atoms with van der Waals surface area (Å²) in [6, 6.07) is 13.4. The minimum Gasteiger partial charge on any atom is -0.378 e. The summed E-state index contributed by atoms with van der Waals surface area (Å²) in [7, 11) is 0. The molecule has 0 radical (unpaired) electrons. The number of hydrogen-bond acceptors (Lipinski definition) is 3. The highest BCUT2D eigenvalue weighted by molar-refractivity contribution is 5.98. The molecule has 1 aliphatic heterocycles. The fraction of sp³-hybridized carbons (Fsp3) is 0.300. The van der Waals surface area contributed by atoms with Crippen molar-refractivity contribution in [2.24, 2.45) is 0 Å². The first-order valence-corrected chi connectivity index (χ1v) is 8.39. The number of carbonyl (C=O) groups is 2. The van der Waals surface area contributed by atoms with E-state index in [4.69, 9.17) is 4.74 Å². The maximum atomic E-state index is 13.8. The van der Waals surface area contributed by atoms with Crippen molar-refractivity contribution in [2.45, 2.75) is 12.8 Å². The molecule has 3 rings (SSSR count). The number of rotatable bonds is 5. The molecule has 1 aliphatic rings. The topological polar surface area (TPSA) is 46.6 Å². The summed E-state index contributed by atoms with van der Waals surface area (Å²) in [6.45, 7) is 2.28. The number of ether oxygens (including phenoxy) is 1. The van der Waals surface area contributed by atoms with E-state index in [1.165, 1.54) is 6.07 Å². The SMILES string of the molecule is O=C(CCC(=O)N1CCOCC1)c1ccc(-c2ccccc2F)cc1. The summed E-state index contributed by atoms with van der Waals surface area (Å²) < 4.78 is 19.0. The van der Waals surface area contributed by atoms with Gasteiger partial charge < -0.3 is 9.64 Å². The molecular formula is C20H20FNO3. The molecule has 25 heavy (non-hydrogen) atoms. The lowest BCUT2D eigenvalue weighted by Crippen LogP contribution is -2.40. The molecule has 0 spiro atoms. The fourth-order valence-corrected chi connectivity index (χ4v) is 2.87. The van der Waals surface area contributed by atoms with Crippen molar-refractivity contribution in [1.82, 2.24) is 4.90 Å². The quantitative estimate of drug-likeness (QED) is 0.784. The maximum Gasteiger partial charge on any atom is 0.223 e. The molecule has 5 heteroatoms. The van der Waals surface area contributed by atoms with Crippen LogP contribution in [0.2, 0.25) is 0 Å². The molecule has 1 amide bonds. The zero-order valence-corrected chi connectivity index (χ0v) is 13.9. The van der Waals surface area contributed by atoms with Crippen LogP contribution in [0.4, 0.5) is 4.39 Å². The summed E-state index contributed by atoms with van der Waals surface area (Å²) in [5, 5.41) is 0. The second kappa shape index (κ2) is 8.03. The van der Waals surface area contributed by atoms with Gasteiger partial charge >= 0.3 is 0 Å². The van der Waals surface area contributed by atoms with Crippen molar-refractivity contribution in [3.63, 3.8) is 0 Å². The Morgan fingerprint density at radius 3 is 2.32 bits per heavy atom. The third-order valence-electron chi connectivity index (χ3n) is 4.32. The predicted molar refractivity (Wildman–Crippen MR) is 92.8 cm³/mol. The maximum absolute atomic E-state index is 13.8. The molecule has 0 saturated carbocycles. The van der Waals surface area contributed by atoms with Crippen LogP contribution < -0.4 is 0 Å². The summed E-state index contributed by atoms with van der Waals surface area (Å²) in [5.41, 5.74) is 1.76. The molecule has 4 nitrogen and oxygen atoms in total. The Morgan fingerprint density at radius 1 is 0.960 bits per heavy atom. The number of ketones is 1. The highest BCUT2D eigenvalue weighted by Crippen LogP contribution is 2.23. The Hall–Kier alpha value is -2.53. The van der Waals surface area contributed by atoms with E-state index in [0.717, 1.165) is 5.56 Å². The molecule has 1 saturated heterocycles. The van der Waals surface area contributed by atoms with Gasteiger partial charge in [0.05, 0.1) is 13.2 Å². The number of halogens is 1. The number of hydrogen-bond donors (Lipinski definition) is 0. The first kappa shape index (κ1) is 17.3. The van der Waals surface area contributed by atoms with E-state index >= 15 is 0 Å². The molecule has 0 bridgehead atoms. The van der Waals surface area contributed by atoms with Crippen LogP contribution in [0.1, 0.15) is 23.2 Å². The fourth-order valence-electron chi connectivity index (χ4n) is 2.87. The van der Waals surface area contributed by atoms with Crippen molar-refractivity contribution >= 4 is 11.7 Å². The van der Waals surface area contributed by atoms with Crippen LogP contribution in [0.5, 0.6) is 0 Å². The van der Waals surface area contributed by atoms with Crippen molar-refractivity contribution in [2.75, 3.05) is 26.3 Å². The largest absolute Gasteiger partial charge is 0.378 e. The first-order valence-electron chi connectivity index (χ1n) is 8.39. The van der Waals surface area contributed by atoms with E-state index in [9.17, 15) is 14.0 Å². The lowest BCUT2D eigenvalue weighted by Gasteiger charge is -2.26. The van der Waals surface area contributed by atoms with Crippen molar-refractivity contribution in [3.8, 4) is 11.1 Å². The van der Waals surface area contributed by atoms with Crippen LogP contribution in [0, 0.1) is 5.82 Å². The Labute approximate surface area is 146 Å². The Balaban J connectivity index is 1.59. The van der Waals surface area contributed by atoms with Gasteiger partial charge in [0.1, 0.15) is 5.82 Å². The second-order valence-corrected chi connectivity index (χ2v) is 5.97. The van der Waals surface area contributed by atoms with Gasteiger partial charge in [-0.1, -0.05) is 42.5 Å². The molecule has 0 atom stereocenters. The molecular weight excluding hydrogens is 321 g/mol. The number of Topliss-reactive ketones (excluding diaryl/α,β-unsaturated/α-hetero) is 1.